The van der Waals surface area contributed by atoms with Crippen molar-refractivity contribution < 1.29 is 13.9 Å². The molecule has 0 atom stereocenters. The van der Waals surface area contributed by atoms with Crippen LogP contribution in [0.5, 0.6) is 0 Å². The van der Waals surface area contributed by atoms with Gasteiger partial charge in [-0.2, -0.15) is 0 Å². The molecule has 0 aromatic heterocycles. The van der Waals surface area contributed by atoms with E-state index in [0.29, 0.717) is 18.7 Å². The number of carbonyl (C=O) groups excluding carboxylic acids is 1. The molecule has 0 bridgehead atoms. The van der Waals surface area contributed by atoms with Crippen molar-refractivity contribution in [2.45, 2.75) is 32.6 Å². The van der Waals surface area contributed by atoms with Crippen LogP contribution in [0.2, 0.25) is 0 Å². The third-order valence-electron chi connectivity index (χ3n) is 2.68. The van der Waals surface area contributed by atoms with E-state index >= 15 is 0 Å². The number of hydrogen-bond donors (Lipinski definition) is 1. The van der Waals surface area contributed by atoms with Crippen molar-refractivity contribution in [3.05, 3.63) is 35.6 Å². The van der Waals surface area contributed by atoms with Gasteiger partial charge in [0, 0.05) is 19.8 Å². The van der Waals surface area contributed by atoms with Gasteiger partial charge in [-0.05, 0) is 30.5 Å². The monoisotopic (exact) mass is 267 g/mol. The van der Waals surface area contributed by atoms with Gasteiger partial charge in [-0.15, -0.1) is 0 Å². The minimum absolute atomic E-state index is 0.0841. The Balaban J connectivity index is 2.08. The highest BCUT2D eigenvalue weighted by molar-refractivity contribution is 5.78. The van der Waals surface area contributed by atoms with E-state index in [9.17, 15) is 9.18 Å². The van der Waals surface area contributed by atoms with Crippen molar-refractivity contribution in [3.63, 3.8) is 0 Å². The molecule has 0 spiro atoms. The fourth-order valence-electron chi connectivity index (χ4n) is 1.65. The Bertz CT molecular complexity index is 382. The van der Waals surface area contributed by atoms with Gasteiger partial charge in [0.05, 0.1) is 6.42 Å². The van der Waals surface area contributed by atoms with Gasteiger partial charge in [-0.1, -0.05) is 25.5 Å². The van der Waals surface area contributed by atoms with Crippen LogP contribution in [-0.4, -0.2) is 25.7 Å². The summed E-state index contributed by atoms with van der Waals surface area (Å²) in [5, 5.41) is 2.80. The lowest BCUT2D eigenvalue weighted by atomic mass is 10.1. The van der Waals surface area contributed by atoms with Gasteiger partial charge < -0.3 is 10.1 Å². The summed E-state index contributed by atoms with van der Waals surface area (Å²) in [6.07, 6.45) is 3.23. The number of benzene rings is 1. The molecular weight excluding hydrogens is 245 g/mol. The quantitative estimate of drug-likeness (QED) is 0.699. The van der Waals surface area contributed by atoms with Gasteiger partial charge in [0.1, 0.15) is 5.82 Å². The summed E-state index contributed by atoms with van der Waals surface area (Å²) >= 11 is 0. The lowest BCUT2D eigenvalue weighted by Gasteiger charge is -2.06. The smallest absolute Gasteiger partial charge is 0.224 e. The highest BCUT2D eigenvalue weighted by Gasteiger charge is 2.03. The number of unbranched alkanes of at least 4 members (excludes halogenated alkanes) is 1. The second-order valence-corrected chi connectivity index (χ2v) is 4.48. The Morgan fingerprint density at radius 3 is 2.84 bits per heavy atom. The fraction of sp³-hybridized carbons (Fsp3) is 0.533. The van der Waals surface area contributed by atoms with Crippen molar-refractivity contribution in [2.24, 2.45) is 0 Å². The van der Waals surface area contributed by atoms with Crippen molar-refractivity contribution in [2.75, 3.05) is 19.8 Å². The molecule has 106 valence electrons. The molecule has 0 heterocycles. The van der Waals surface area contributed by atoms with Crippen LogP contribution in [0.15, 0.2) is 24.3 Å². The van der Waals surface area contributed by atoms with E-state index in [-0.39, 0.29) is 18.1 Å². The molecule has 0 aliphatic heterocycles. The minimum atomic E-state index is -0.311. The highest BCUT2D eigenvalue weighted by Crippen LogP contribution is 2.03. The molecular formula is C15H22FNO2. The number of carbonyl (C=O) groups is 1. The molecule has 0 fully saturated rings. The normalized spacial score (nSPS) is 10.4. The summed E-state index contributed by atoms with van der Waals surface area (Å²) in [5.41, 5.74) is 0.691. The number of nitrogens with one attached hydrogen (secondary N) is 1. The maximum atomic E-state index is 12.9. The van der Waals surface area contributed by atoms with Crippen molar-refractivity contribution in [3.8, 4) is 0 Å². The van der Waals surface area contributed by atoms with Crippen LogP contribution in [0.25, 0.3) is 0 Å². The van der Waals surface area contributed by atoms with Gasteiger partial charge in [-0.3, -0.25) is 4.79 Å². The zero-order valence-electron chi connectivity index (χ0n) is 11.5. The molecule has 1 aromatic rings. The van der Waals surface area contributed by atoms with E-state index in [1.54, 1.807) is 12.1 Å². The van der Waals surface area contributed by atoms with Crippen LogP contribution in [0.1, 0.15) is 31.7 Å². The molecule has 0 radical (unpaired) electrons. The Kier molecular flexibility index (Phi) is 7.82. The summed E-state index contributed by atoms with van der Waals surface area (Å²) in [5.74, 6) is -0.395. The molecule has 3 nitrogen and oxygen atoms in total. The van der Waals surface area contributed by atoms with E-state index in [2.05, 4.69) is 12.2 Å². The van der Waals surface area contributed by atoms with E-state index in [4.69, 9.17) is 4.74 Å². The number of amides is 1. The summed E-state index contributed by atoms with van der Waals surface area (Å²) < 4.78 is 18.3. The number of halogens is 1. The highest BCUT2D eigenvalue weighted by atomic mass is 19.1. The Labute approximate surface area is 114 Å². The third kappa shape index (κ3) is 7.57. The van der Waals surface area contributed by atoms with Gasteiger partial charge >= 0.3 is 0 Å². The molecule has 1 N–H and O–H groups in total. The Morgan fingerprint density at radius 2 is 2.11 bits per heavy atom. The average molecular weight is 267 g/mol. The molecule has 0 aliphatic carbocycles. The largest absolute Gasteiger partial charge is 0.381 e. The van der Waals surface area contributed by atoms with Crippen LogP contribution in [0, 0.1) is 5.82 Å². The van der Waals surface area contributed by atoms with Crippen LogP contribution in [0.4, 0.5) is 4.39 Å². The van der Waals surface area contributed by atoms with Crippen molar-refractivity contribution in [1.29, 1.82) is 0 Å². The van der Waals surface area contributed by atoms with Crippen molar-refractivity contribution >= 4 is 5.91 Å². The third-order valence-corrected chi connectivity index (χ3v) is 2.68. The summed E-state index contributed by atoms with van der Waals surface area (Å²) in [6.45, 7) is 4.17. The van der Waals surface area contributed by atoms with Crippen LogP contribution in [0.3, 0.4) is 0 Å². The van der Waals surface area contributed by atoms with Crippen LogP contribution >= 0.6 is 0 Å². The van der Waals surface area contributed by atoms with E-state index in [0.717, 1.165) is 25.9 Å². The molecule has 4 heteroatoms. The zero-order valence-corrected chi connectivity index (χ0v) is 11.5. The van der Waals surface area contributed by atoms with Gasteiger partial charge in [0.25, 0.3) is 0 Å². The molecule has 1 aromatic carbocycles. The first-order valence-corrected chi connectivity index (χ1v) is 6.81. The SMILES string of the molecule is CCCCOCCCNC(=O)Cc1cccc(F)c1. The minimum Gasteiger partial charge on any atom is -0.381 e. The molecule has 19 heavy (non-hydrogen) atoms. The number of rotatable bonds is 9. The fourth-order valence-corrected chi connectivity index (χ4v) is 1.65. The summed E-state index contributed by atoms with van der Waals surface area (Å²) in [4.78, 5) is 11.6. The lowest BCUT2D eigenvalue weighted by Crippen LogP contribution is -2.26. The standard InChI is InChI=1S/C15H22FNO2/c1-2-3-9-19-10-5-8-17-15(18)12-13-6-4-7-14(16)11-13/h4,6-7,11H,2-3,5,8-10,12H2,1H3,(H,17,18). The van der Waals surface area contributed by atoms with E-state index in [1.807, 2.05) is 0 Å². The summed E-state index contributed by atoms with van der Waals surface area (Å²) in [6, 6.07) is 6.11. The maximum Gasteiger partial charge on any atom is 0.224 e. The molecule has 0 aliphatic rings. The number of ether oxygens (including phenoxy) is 1. The Hall–Kier alpha value is -1.42. The second kappa shape index (κ2) is 9.50. The van der Waals surface area contributed by atoms with E-state index < -0.39 is 0 Å². The van der Waals surface area contributed by atoms with Crippen molar-refractivity contribution in [1.82, 2.24) is 5.32 Å². The molecule has 1 rings (SSSR count). The molecule has 0 saturated carbocycles. The predicted octanol–water partition coefficient (Wildman–Crippen LogP) is 2.69. The van der Waals surface area contributed by atoms with Gasteiger partial charge in [-0.25, -0.2) is 4.39 Å². The van der Waals surface area contributed by atoms with Crippen LogP contribution in [-0.2, 0) is 16.0 Å². The Morgan fingerprint density at radius 1 is 1.32 bits per heavy atom. The first kappa shape index (κ1) is 15.6. The maximum absolute atomic E-state index is 12.9. The molecule has 1 amide bonds. The molecule has 0 unspecified atom stereocenters. The first-order valence-electron chi connectivity index (χ1n) is 6.81. The van der Waals surface area contributed by atoms with Gasteiger partial charge in [0.2, 0.25) is 5.91 Å². The van der Waals surface area contributed by atoms with E-state index in [1.165, 1.54) is 12.1 Å². The zero-order chi connectivity index (χ0) is 13.9. The molecule has 0 saturated heterocycles. The number of hydrogen-bond acceptors (Lipinski definition) is 2. The van der Waals surface area contributed by atoms with Crippen LogP contribution < -0.4 is 5.32 Å². The summed E-state index contributed by atoms with van der Waals surface area (Å²) in [7, 11) is 0. The second-order valence-electron chi connectivity index (χ2n) is 4.48. The van der Waals surface area contributed by atoms with Gasteiger partial charge in [0.15, 0.2) is 0 Å². The first-order chi connectivity index (χ1) is 9.22. The topological polar surface area (TPSA) is 38.3 Å². The average Bonchev–Trinajstić information content (AvgIpc) is 2.37. The predicted molar refractivity (Wildman–Crippen MR) is 73.5 cm³/mol. The lowest BCUT2D eigenvalue weighted by molar-refractivity contribution is -0.120.